The zero-order valence-electron chi connectivity index (χ0n) is 8.18. The highest BCUT2D eigenvalue weighted by atomic mass is 16.7. The number of hydrogen-bond donors (Lipinski definition) is 0. The third-order valence-electron chi connectivity index (χ3n) is 0.917. The number of methoxy groups -OCH3 is 1. The zero-order valence-corrected chi connectivity index (χ0v) is 8.18. The summed E-state index contributed by atoms with van der Waals surface area (Å²) in [5, 5.41) is 0. The molecule has 0 saturated carbocycles. The number of ether oxygens (including phenoxy) is 2. The summed E-state index contributed by atoms with van der Waals surface area (Å²) in [5.41, 5.74) is 5.76. The van der Waals surface area contributed by atoms with Crippen molar-refractivity contribution >= 4 is 0 Å². The van der Waals surface area contributed by atoms with Crippen molar-refractivity contribution < 1.29 is 9.47 Å². The predicted molar refractivity (Wildman–Crippen MR) is 48.6 cm³/mol. The van der Waals surface area contributed by atoms with E-state index in [1.54, 1.807) is 7.11 Å². The summed E-state index contributed by atoms with van der Waals surface area (Å²) in [7, 11) is 1.57. The Kier molecular flexibility index (Phi) is 5.23. The predicted octanol–water partition coefficient (Wildman–Crippen LogP) is 2.48. The molecule has 12 heavy (non-hydrogen) atoms. The van der Waals surface area contributed by atoms with Crippen LogP contribution in [0.4, 0.5) is 0 Å². The third-order valence-corrected chi connectivity index (χ3v) is 0.917. The van der Waals surface area contributed by atoms with Crippen molar-refractivity contribution in [3.05, 3.63) is 23.8 Å². The van der Waals surface area contributed by atoms with Crippen molar-refractivity contribution in [2.75, 3.05) is 13.9 Å². The lowest BCUT2D eigenvalue weighted by atomic mass is 9.97. The first-order chi connectivity index (χ1) is 5.56. The third kappa shape index (κ3) is 9.06. The molecule has 0 aliphatic carbocycles. The summed E-state index contributed by atoms with van der Waals surface area (Å²) < 4.78 is 9.51. The SMILES string of the molecule is COCOC=C=C=CC(C)(C)C. The van der Waals surface area contributed by atoms with Gasteiger partial charge in [-0.3, -0.25) is 0 Å². The minimum Gasteiger partial charge on any atom is -0.466 e. The second-order valence-electron chi connectivity index (χ2n) is 3.49. The van der Waals surface area contributed by atoms with Crippen LogP contribution in [0.25, 0.3) is 0 Å². The molecule has 0 aliphatic heterocycles. The van der Waals surface area contributed by atoms with E-state index in [4.69, 9.17) is 4.74 Å². The Morgan fingerprint density at radius 2 is 1.92 bits per heavy atom. The number of hydrogen-bond acceptors (Lipinski definition) is 2. The molecule has 0 radical (unpaired) electrons. The van der Waals surface area contributed by atoms with Gasteiger partial charge in [0, 0.05) is 7.11 Å². The van der Waals surface area contributed by atoms with Gasteiger partial charge in [-0.15, -0.1) is 0 Å². The smallest absolute Gasteiger partial charge is 0.188 e. The van der Waals surface area contributed by atoms with E-state index in [2.05, 4.69) is 37.0 Å². The largest absolute Gasteiger partial charge is 0.466 e. The van der Waals surface area contributed by atoms with Crippen LogP contribution in [-0.4, -0.2) is 13.9 Å². The second-order valence-corrected chi connectivity index (χ2v) is 3.49. The first-order valence-electron chi connectivity index (χ1n) is 3.84. The minimum atomic E-state index is 0.141. The Bertz CT molecular complexity index is 198. The lowest BCUT2D eigenvalue weighted by Crippen LogP contribution is -1.96. The molecule has 2 nitrogen and oxygen atoms in total. The Balaban J connectivity index is 3.88. The van der Waals surface area contributed by atoms with Crippen LogP contribution in [-0.2, 0) is 9.47 Å². The maximum Gasteiger partial charge on any atom is 0.188 e. The molecule has 0 aliphatic rings. The zero-order chi connectivity index (χ0) is 9.45. The Morgan fingerprint density at radius 3 is 2.42 bits per heavy atom. The van der Waals surface area contributed by atoms with Crippen molar-refractivity contribution in [2.45, 2.75) is 20.8 Å². The molecule has 0 aromatic heterocycles. The summed E-state index contributed by atoms with van der Waals surface area (Å²) in [6, 6.07) is 0. The van der Waals surface area contributed by atoms with Gasteiger partial charge in [0.15, 0.2) is 6.79 Å². The maximum absolute atomic E-state index is 4.86. The molecule has 0 heterocycles. The molecule has 0 fully saturated rings. The van der Waals surface area contributed by atoms with Crippen LogP contribution in [0.3, 0.4) is 0 Å². The van der Waals surface area contributed by atoms with Crippen molar-refractivity contribution in [1.29, 1.82) is 0 Å². The van der Waals surface area contributed by atoms with Crippen LogP contribution in [0.5, 0.6) is 0 Å². The lowest BCUT2D eigenvalue weighted by Gasteiger charge is -2.07. The van der Waals surface area contributed by atoms with Gasteiger partial charge in [-0.25, -0.2) is 0 Å². The molecule has 2 heteroatoms. The van der Waals surface area contributed by atoms with Crippen LogP contribution in [0.1, 0.15) is 20.8 Å². The highest BCUT2D eigenvalue weighted by Gasteiger charge is 2.01. The van der Waals surface area contributed by atoms with Gasteiger partial charge in [-0.2, -0.15) is 0 Å². The summed E-state index contributed by atoms with van der Waals surface area (Å²) in [5.74, 6) is 0. The summed E-state index contributed by atoms with van der Waals surface area (Å²) in [4.78, 5) is 0. The fourth-order valence-corrected chi connectivity index (χ4v) is 0.436. The summed E-state index contributed by atoms with van der Waals surface area (Å²) >= 11 is 0. The van der Waals surface area contributed by atoms with Gasteiger partial charge in [0.1, 0.15) is 6.26 Å². The average molecular weight is 168 g/mol. The van der Waals surface area contributed by atoms with Crippen LogP contribution in [0.2, 0.25) is 0 Å². The first kappa shape index (κ1) is 11.1. The van der Waals surface area contributed by atoms with E-state index in [0.29, 0.717) is 0 Å². The normalized spacial score (nSPS) is 9.67. The molecule has 0 atom stereocenters. The van der Waals surface area contributed by atoms with E-state index in [9.17, 15) is 0 Å². The van der Waals surface area contributed by atoms with Gasteiger partial charge < -0.3 is 9.47 Å². The van der Waals surface area contributed by atoms with Crippen LogP contribution < -0.4 is 0 Å². The molecule has 0 saturated heterocycles. The average Bonchev–Trinajstić information content (AvgIpc) is 1.94. The minimum absolute atomic E-state index is 0.141. The van der Waals surface area contributed by atoms with Crippen LogP contribution in [0, 0.1) is 5.41 Å². The Labute approximate surface area is 74.2 Å². The molecule has 68 valence electrons. The number of rotatable bonds is 3. The Hall–Kier alpha value is -0.940. The molecule has 0 spiro atoms. The van der Waals surface area contributed by atoms with Crippen molar-refractivity contribution in [3.8, 4) is 0 Å². The van der Waals surface area contributed by atoms with Crippen LogP contribution in [0.15, 0.2) is 23.8 Å². The fraction of sp³-hybridized carbons (Fsp3) is 0.600. The van der Waals surface area contributed by atoms with Gasteiger partial charge in [0.25, 0.3) is 0 Å². The topological polar surface area (TPSA) is 18.5 Å². The van der Waals surface area contributed by atoms with E-state index in [0.717, 1.165) is 0 Å². The quantitative estimate of drug-likeness (QED) is 0.279. The van der Waals surface area contributed by atoms with E-state index >= 15 is 0 Å². The standard InChI is InChI=1S/C10H16O2/c1-10(2,3)7-5-6-8-12-9-11-4/h7-8H,9H2,1-4H3. The van der Waals surface area contributed by atoms with Gasteiger partial charge >= 0.3 is 0 Å². The monoisotopic (exact) mass is 168 g/mol. The lowest BCUT2D eigenvalue weighted by molar-refractivity contribution is 0.0201. The maximum atomic E-state index is 4.86. The highest BCUT2D eigenvalue weighted by Crippen LogP contribution is 2.12. The number of allylic oxidation sites excluding steroid dienone is 1. The van der Waals surface area contributed by atoms with E-state index in [-0.39, 0.29) is 12.2 Å². The summed E-state index contributed by atoms with van der Waals surface area (Å²) in [6.45, 7) is 6.54. The van der Waals surface area contributed by atoms with Crippen molar-refractivity contribution in [2.24, 2.45) is 5.41 Å². The van der Waals surface area contributed by atoms with E-state index in [1.165, 1.54) is 6.26 Å². The van der Waals surface area contributed by atoms with Crippen LogP contribution >= 0.6 is 0 Å². The second kappa shape index (κ2) is 5.68. The van der Waals surface area contributed by atoms with E-state index in [1.807, 2.05) is 6.08 Å². The van der Waals surface area contributed by atoms with Gasteiger partial charge in [-0.05, 0) is 17.2 Å². The fourth-order valence-electron chi connectivity index (χ4n) is 0.436. The molecule has 0 bridgehead atoms. The van der Waals surface area contributed by atoms with Crippen molar-refractivity contribution in [3.63, 3.8) is 0 Å². The van der Waals surface area contributed by atoms with Gasteiger partial charge in [0.2, 0.25) is 0 Å². The molecular formula is C10H16O2. The molecule has 0 N–H and O–H groups in total. The first-order valence-corrected chi connectivity index (χ1v) is 3.84. The van der Waals surface area contributed by atoms with E-state index < -0.39 is 0 Å². The molecule has 0 amide bonds. The molecule has 0 rings (SSSR count). The molecule has 0 aromatic rings. The molecule has 0 unspecified atom stereocenters. The molecule has 0 aromatic carbocycles. The van der Waals surface area contributed by atoms with Gasteiger partial charge in [0.05, 0.1) is 0 Å². The summed E-state index contributed by atoms with van der Waals surface area (Å²) in [6.07, 6.45) is 3.37. The highest BCUT2D eigenvalue weighted by molar-refractivity contribution is 4.91. The van der Waals surface area contributed by atoms with Gasteiger partial charge in [-0.1, -0.05) is 26.5 Å². The van der Waals surface area contributed by atoms with Crippen molar-refractivity contribution in [1.82, 2.24) is 0 Å². The Morgan fingerprint density at radius 1 is 1.25 bits per heavy atom. The molecular weight excluding hydrogens is 152 g/mol.